The van der Waals surface area contributed by atoms with Crippen molar-refractivity contribution in [3.8, 4) is 0 Å². The van der Waals surface area contributed by atoms with Crippen LogP contribution in [-0.2, 0) is 11.2 Å². The highest BCUT2D eigenvalue weighted by Gasteiger charge is 2.17. The summed E-state index contributed by atoms with van der Waals surface area (Å²) in [5.74, 6) is 0.0338. The normalized spacial score (nSPS) is 12.5. The molecule has 1 aliphatic heterocycles. The lowest BCUT2D eigenvalue weighted by Crippen LogP contribution is -2.08. The van der Waals surface area contributed by atoms with Crippen LogP contribution in [0.5, 0.6) is 0 Å². The van der Waals surface area contributed by atoms with Gasteiger partial charge in [0.1, 0.15) is 11.6 Å². The number of rotatable bonds is 4. The molecule has 6 heteroatoms. The molecule has 4 nitrogen and oxygen atoms in total. The molecule has 0 aromatic heterocycles. The Kier molecular flexibility index (Phi) is 3.73. The molecule has 2 aromatic rings. The third-order valence-electron chi connectivity index (χ3n) is 3.24. The van der Waals surface area contributed by atoms with Crippen LogP contribution in [0.2, 0.25) is 5.02 Å². The standard InChI is InChI=1S/C16H13ClFN3O/c1-9(20-12-2-4-14(18)13(17)8-12)19-11-3-5-15-10(6-11)7-16(22)21-15/h2-6,8,19-20H,1,7H2,(H,21,22). The van der Waals surface area contributed by atoms with Gasteiger partial charge >= 0.3 is 0 Å². The van der Waals surface area contributed by atoms with Crippen molar-refractivity contribution in [1.29, 1.82) is 0 Å². The van der Waals surface area contributed by atoms with Crippen LogP contribution in [0, 0.1) is 5.82 Å². The number of amides is 1. The van der Waals surface area contributed by atoms with Crippen molar-refractivity contribution in [1.82, 2.24) is 0 Å². The largest absolute Gasteiger partial charge is 0.342 e. The third-order valence-corrected chi connectivity index (χ3v) is 3.53. The first kappa shape index (κ1) is 14.4. The zero-order valence-electron chi connectivity index (χ0n) is 11.5. The Labute approximate surface area is 132 Å². The molecular formula is C16H13ClFN3O. The van der Waals surface area contributed by atoms with Gasteiger partial charge in [-0.25, -0.2) is 4.39 Å². The van der Waals surface area contributed by atoms with Crippen LogP contribution in [-0.4, -0.2) is 5.91 Å². The van der Waals surface area contributed by atoms with E-state index in [0.717, 1.165) is 16.9 Å². The highest BCUT2D eigenvalue weighted by molar-refractivity contribution is 6.31. The van der Waals surface area contributed by atoms with Crippen LogP contribution in [0.4, 0.5) is 21.5 Å². The predicted molar refractivity (Wildman–Crippen MR) is 86.6 cm³/mol. The summed E-state index contributed by atoms with van der Waals surface area (Å²) in [5, 5.41) is 8.90. The smallest absolute Gasteiger partial charge is 0.228 e. The van der Waals surface area contributed by atoms with Gasteiger partial charge in [-0.05, 0) is 42.0 Å². The Hall–Kier alpha value is -2.53. The zero-order chi connectivity index (χ0) is 15.7. The number of hydrogen-bond donors (Lipinski definition) is 3. The van der Waals surface area contributed by atoms with E-state index in [1.54, 1.807) is 6.07 Å². The van der Waals surface area contributed by atoms with Crippen LogP contribution in [0.1, 0.15) is 5.56 Å². The summed E-state index contributed by atoms with van der Waals surface area (Å²) in [5.41, 5.74) is 3.20. The minimum atomic E-state index is -0.471. The van der Waals surface area contributed by atoms with Crippen molar-refractivity contribution in [2.45, 2.75) is 6.42 Å². The summed E-state index contributed by atoms with van der Waals surface area (Å²) in [6.07, 6.45) is 0.373. The molecule has 0 unspecified atom stereocenters. The molecule has 1 aliphatic rings. The molecule has 3 rings (SSSR count). The van der Waals surface area contributed by atoms with Crippen molar-refractivity contribution in [3.05, 3.63) is 65.2 Å². The second kappa shape index (κ2) is 5.69. The van der Waals surface area contributed by atoms with E-state index < -0.39 is 5.82 Å². The van der Waals surface area contributed by atoms with Crippen molar-refractivity contribution in [2.24, 2.45) is 0 Å². The number of anilines is 3. The van der Waals surface area contributed by atoms with E-state index >= 15 is 0 Å². The lowest BCUT2D eigenvalue weighted by molar-refractivity contribution is -0.115. The van der Waals surface area contributed by atoms with Crippen molar-refractivity contribution < 1.29 is 9.18 Å². The van der Waals surface area contributed by atoms with Gasteiger partial charge in [0.15, 0.2) is 0 Å². The number of hydrogen-bond acceptors (Lipinski definition) is 3. The van der Waals surface area contributed by atoms with E-state index in [-0.39, 0.29) is 10.9 Å². The predicted octanol–water partition coefficient (Wildman–Crippen LogP) is 3.97. The van der Waals surface area contributed by atoms with Gasteiger partial charge in [-0.15, -0.1) is 0 Å². The molecule has 112 valence electrons. The fourth-order valence-corrected chi connectivity index (χ4v) is 2.44. The molecule has 0 atom stereocenters. The topological polar surface area (TPSA) is 53.2 Å². The van der Waals surface area contributed by atoms with Gasteiger partial charge in [0.2, 0.25) is 5.91 Å². The average Bonchev–Trinajstić information content (AvgIpc) is 2.82. The first-order valence-corrected chi connectivity index (χ1v) is 7.00. The van der Waals surface area contributed by atoms with E-state index in [1.807, 2.05) is 18.2 Å². The lowest BCUT2D eigenvalue weighted by Gasteiger charge is -2.13. The van der Waals surface area contributed by atoms with Gasteiger partial charge in [0, 0.05) is 17.1 Å². The highest BCUT2D eigenvalue weighted by atomic mass is 35.5. The van der Waals surface area contributed by atoms with Gasteiger partial charge < -0.3 is 16.0 Å². The van der Waals surface area contributed by atoms with Gasteiger partial charge in [0.05, 0.1) is 11.4 Å². The fraction of sp³-hybridized carbons (Fsp3) is 0.0625. The summed E-state index contributed by atoms with van der Waals surface area (Å²) < 4.78 is 13.1. The molecule has 0 radical (unpaired) electrons. The van der Waals surface area contributed by atoms with Crippen LogP contribution >= 0.6 is 11.6 Å². The van der Waals surface area contributed by atoms with E-state index in [1.165, 1.54) is 12.1 Å². The second-order valence-corrected chi connectivity index (χ2v) is 5.36. The molecule has 1 amide bonds. The molecular weight excluding hydrogens is 305 g/mol. The Morgan fingerprint density at radius 1 is 1.18 bits per heavy atom. The van der Waals surface area contributed by atoms with Crippen LogP contribution in [0.15, 0.2) is 48.8 Å². The summed E-state index contributed by atoms with van der Waals surface area (Å²) in [7, 11) is 0. The maximum Gasteiger partial charge on any atom is 0.228 e. The van der Waals surface area contributed by atoms with Gasteiger partial charge in [-0.3, -0.25) is 4.79 Å². The number of carbonyl (C=O) groups is 1. The summed E-state index contributed by atoms with van der Waals surface area (Å²) in [6, 6.07) is 9.90. The van der Waals surface area contributed by atoms with Gasteiger partial charge in [-0.1, -0.05) is 18.2 Å². The molecule has 0 bridgehead atoms. The van der Waals surface area contributed by atoms with E-state index in [0.29, 0.717) is 17.9 Å². The molecule has 0 aliphatic carbocycles. The number of fused-ring (bicyclic) bond motifs is 1. The van der Waals surface area contributed by atoms with Gasteiger partial charge in [-0.2, -0.15) is 0 Å². The Morgan fingerprint density at radius 3 is 2.59 bits per heavy atom. The summed E-state index contributed by atoms with van der Waals surface area (Å²) in [6.45, 7) is 3.86. The van der Waals surface area contributed by atoms with Crippen LogP contribution in [0.25, 0.3) is 0 Å². The maximum atomic E-state index is 13.1. The third kappa shape index (κ3) is 3.04. The molecule has 0 saturated carbocycles. The van der Waals surface area contributed by atoms with Crippen LogP contribution in [0.3, 0.4) is 0 Å². The summed E-state index contributed by atoms with van der Waals surface area (Å²) in [4.78, 5) is 11.3. The zero-order valence-corrected chi connectivity index (χ0v) is 12.3. The minimum absolute atomic E-state index is 0.00921. The number of nitrogens with one attached hydrogen (secondary N) is 3. The van der Waals surface area contributed by atoms with E-state index in [2.05, 4.69) is 22.5 Å². The molecule has 1 heterocycles. The maximum absolute atomic E-state index is 13.1. The van der Waals surface area contributed by atoms with E-state index in [9.17, 15) is 9.18 Å². The Morgan fingerprint density at radius 2 is 1.86 bits per heavy atom. The molecule has 22 heavy (non-hydrogen) atoms. The van der Waals surface area contributed by atoms with Crippen molar-refractivity contribution in [2.75, 3.05) is 16.0 Å². The van der Waals surface area contributed by atoms with Gasteiger partial charge in [0.25, 0.3) is 0 Å². The fourth-order valence-electron chi connectivity index (χ4n) is 2.26. The highest BCUT2D eigenvalue weighted by Crippen LogP contribution is 2.27. The minimum Gasteiger partial charge on any atom is -0.342 e. The van der Waals surface area contributed by atoms with E-state index in [4.69, 9.17) is 11.6 Å². The lowest BCUT2D eigenvalue weighted by atomic mass is 10.1. The Balaban J connectivity index is 1.68. The molecule has 0 fully saturated rings. The Bertz CT molecular complexity index is 776. The quantitative estimate of drug-likeness (QED) is 0.800. The molecule has 2 aromatic carbocycles. The first-order valence-electron chi connectivity index (χ1n) is 6.62. The molecule has 0 spiro atoms. The van der Waals surface area contributed by atoms with Crippen molar-refractivity contribution >= 4 is 34.6 Å². The number of benzene rings is 2. The first-order chi connectivity index (χ1) is 10.5. The summed E-state index contributed by atoms with van der Waals surface area (Å²) >= 11 is 5.73. The second-order valence-electron chi connectivity index (χ2n) is 4.95. The number of halogens is 2. The average molecular weight is 318 g/mol. The SMILES string of the molecule is C=C(Nc1ccc(F)c(Cl)c1)Nc1ccc2c(c1)CC(=O)N2. The number of carbonyl (C=O) groups excluding carboxylic acids is 1. The molecule has 3 N–H and O–H groups in total. The monoisotopic (exact) mass is 317 g/mol. The molecule has 0 saturated heterocycles. The van der Waals surface area contributed by atoms with Crippen LogP contribution < -0.4 is 16.0 Å². The van der Waals surface area contributed by atoms with Crippen molar-refractivity contribution in [3.63, 3.8) is 0 Å².